The van der Waals surface area contributed by atoms with Gasteiger partial charge in [-0.2, -0.15) is 10.2 Å². The predicted octanol–water partition coefficient (Wildman–Crippen LogP) is 3.04. The Labute approximate surface area is 204 Å². The molecule has 3 saturated carbocycles. The molecule has 5 fully saturated rings. The first-order valence-electron chi connectivity index (χ1n) is 12.4. The second-order valence-corrected chi connectivity index (χ2v) is 11.5. The number of ether oxygens (including phenoxy) is 1. The van der Waals surface area contributed by atoms with Crippen molar-refractivity contribution in [2.75, 3.05) is 37.7 Å². The second-order valence-electron chi connectivity index (χ2n) is 11.1. The number of aromatic nitrogens is 4. The van der Waals surface area contributed by atoms with Gasteiger partial charge in [-0.25, -0.2) is 4.68 Å². The normalized spacial score (nSPS) is 35.5. The van der Waals surface area contributed by atoms with Crippen molar-refractivity contribution in [1.82, 2.24) is 24.5 Å². The Balaban J connectivity index is 1.18. The van der Waals surface area contributed by atoms with Crippen molar-refractivity contribution in [3.63, 3.8) is 0 Å². The van der Waals surface area contributed by atoms with Crippen molar-refractivity contribution in [2.45, 2.75) is 56.3 Å². The SMILES string of the molecule is C[C@H]1CN([C@@]2(C)COCC2O)CCN1c1cc2c(cnn2-c2cnn(C34CC(C3)C4)c2)cc1Cl. The number of hydrogen-bond donors (Lipinski definition) is 1. The average molecular weight is 483 g/mol. The minimum atomic E-state index is -0.452. The molecule has 3 aliphatic carbocycles. The second kappa shape index (κ2) is 7.20. The first-order chi connectivity index (χ1) is 16.4. The summed E-state index contributed by atoms with van der Waals surface area (Å²) in [6, 6.07) is 4.44. The summed E-state index contributed by atoms with van der Waals surface area (Å²) in [5.74, 6) is 0.914. The molecule has 2 aromatic heterocycles. The average Bonchev–Trinajstić information content (AvgIpc) is 3.45. The molecule has 3 atom stereocenters. The van der Waals surface area contributed by atoms with E-state index in [2.05, 4.69) is 45.7 Å². The number of aliphatic hydroxyl groups excluding tert-OH is 1. The van der Waals surface area contributed by atoms with Crippen molar-refractivity contribution in [3.05, 3.63) is 35.7 Å². The number of fused-ring (bicyclic) bond motifs is 1. The van der Waals surface area contributed by atoms with Crippen LogP contribution in [-0.4, -0.2) is 80.1 Å². The van der Waals surface area contributed by atoms with Crippen LogP contribution in [0.2, 0.25) is 5.02 Å². The summed E-state index contributed by atoms with van der Waals surface area (Å²) in [6.07, 6.45) is 9.30. The summed E-state index contributed by atoms with van der Waals surface area (Å²) in [5, 5.41) is 21.6. The zero-order valence-corrected chi connectivity index (χ0v) is 20.4. The zero-order chi connectivity index (χ0) is 23.2. The zero-order valence-electron chi connectivity index (χ0n) is 19.7. The molecule has 2 aliphatic heterocycles. The number of hydrogen-bond acceptors (Lipinski definition) is 6. The van der Waals surface area contributed by atoms with E-state index in [9.17, 15) is 5.11 Å². The molecule has 1 unspecified atom stereocenters. The lowest BCUT2D eigenvalue weighted by Crippen LogP contribution is -2.63. The lowest BCUT2D eigenvalue weighted by Gasteiger charge is -2.61. The van der Waals surface area contributed by atoms with Gasteiger partial charge in [-0.15, -0.1) is 0 Å². The number of aliphatic hydroxyl groups is 1. The molecule has 0 amide bonds. The molecule has 2 bridgehead atoms. The Hall–Kier alpha value is -2.13. The van der Waals surface area contributed by atoms with Gasteiger partial charge in [0.05, 0.1) is 65.2 Å². The molecule has 8 rings (SSSR count). The van der Waals surface area contributed by atoms with E-state index in [0.717, 1.165) is 52.9 Å². The highest BCUT2D eigenvalue weighted by atomic mass is 35.5. The molecule has 1 N–H and O–H groups in total. The highest BCUT2D eigenvalue weighted by Gasteiger charge is 2.58. The van der Waals surface area contributed by atoms with E-state index in [1.165, 1.54) is 19.3 Å². The first-order valence-corrected chi connectivity index (χ1v) is 12.7. The maximum atomic E-state index is 10.5. The van der Waals surface area contributed by atoms with Gasteiger partial charge >= 0.3 is 0 Å². The van der Waals surface area contributed by atoms with Gasteiger partial charge in [-0.3, -0.25) is 9.58 Å². The van der Waals surface area contributed by atoms with Crippen LogP contribution in [0.1, 0.15) is 33.1 Å². The summed E-state index contributed by atoms with van der Waals surface area (Å²) in [4.78, 5) is 4.76. The van der Waals surface area contributed by atoms with E-state index in [1.54, 1.807) is 0 Å². The molecule has 1 aromatic carbocycles. The largest absolute Gasteiger partial charge is 0.389 e. The lowest BCUT2D eigenvalue weighted by atomic mass is 9.50. The molecule has 3 aromatic rings. The Kier molecular flexibility index (Phi) is 4.48. The van der Waals surface area contributed by atoms with Crippen LogP contribution < -0.4 is 4.90 Å². The van der Waals surface area contributed by atoms with E-state index in [0.29, 0.717) is 13.2 Å². The number of nitrogens with zero attached hydrogens (tertiary/aromatic N) is 6. The topological polar surface area (TPSA) is 71.6 Å². The molecule has 2 saturated heterocycles. The minimum absolute atomic E-state index is 0.247. The van der Waals surface area contributed by atoms with E-state index in [4.69, 9.17) is 21.4 Å². The summed E-state index contributed by atoms with van der Waals surface area (Å²) >= 11 is 6.80. The highest BCUT2D eigenvalue weighted by Crippen LogP contribution is 2.62. The van der Waals surface area contributed by atoms with Crippen LogP contribution in [0, 0.1) is 5.92 Å². The summed E-state index contributed by atoms with van der Waals surface area (Å²) in [7, 11) is 0. The van der Waals surface area contributed by atoms with Crippen molar-refractivity contribution >= 4 is 28.2 Å². The molecular formula is C25H31ClN6O2. The predicted molar refractivity (Wildman–Crippen MR) is 131 cm³/mol. The van der Waals surface area contributed by atoms with Crippen LogP contribution in [0.3, 0.4) is 0 Å². The van der Waals surface area contributed by atoms with Gasteiger partial charge in [-0.05, 0) is 51.2 Å². The van der Waals surface area contributed by atoms with Gasteiger partial charge in [0, 0.05) is 31.1 Å². The fourth-order valence-corrected chi connectivity index (χ4v) is 6.87. The van der Waals surface area contributed by atoms with Gasteiger partial charge in [0.25, 0.3) is 0 Å². The maximum Gasteiger partial charge on any atom is 0.103 e. The monoisotopic (exact) mass is 482 g/mol. The third-order valence-corrected chi connectivity index (χ3v) is 9.29. The van der Waals surface area contributed by atoms with Crippen molar-refractivity contribution < 1.29 is 9.84 Å². The van der Waals surface area contributed by atoms with Crippen molar-refractivity contribution in [3.8, 4) is 5.69 Å². The summed E-state index contributed by atoms with van der Waals surface area (Å²) in [6.45, 7) is 7.86. The van der Waals surface area contributed by atoms with Gasteiger partial charge in [0.1, 0.15) is 5.69 Å². The fourth-order valence-electron chi connectivity index (χ4n) is 6.59. The van der Waals surface area contributed by atoms with E-state index in [-0.39, 0.29) is 17.1 Å². The molecular weight excluding hydrogens is 452 g/mol. The standard InChI is InChI=1S/C25H31ClN6O2/c1-16-12-29(24(2)15-34-14-23(24)33)3-4-30(16)22-6-21-18(5-20(22)26)10-28-32(21)19-11-27-31(13-19)25-7-17(8-25)9-25/h5-6,10-11,13,16-17,23,33H,3-4,7-9,12,14-15H2,1-2H3/t16-,17?,23?,24-,25?/m0/s1. The molecule has 180 valence electrons. The van der Waals surface area contributed by atoms with Crippen LogP contribution in [0.15, 0.2) is 30.7 Å². The Morgan fingerprint density at radius 2 is 1.97 bits per heavy atom. The van der Waals surface area contributed by atoms with E-state index < -0.39 is 6.10 Å². The third kappa shape index (κ3) is 2.89. The molecule has 0 radical (unpaired) electrons. The number of piperazine rings is 1. The minimum Gasteiger partial charge on any atom is -0.389 e. The van der Waals surface area contributed by atoms with Crippen molar-refractivity contribution in [1.29, 1.82) is 0 Å². The number of anilines is 1. The van der Waals surface area contributed by atoms with Crippen LogP contribution >= 0.6 is 11.6 Å². The van der Waals surface area contributed by atoms with Crippen LogP contribution in [-0.2, 0) is 10.3 Å². The van der Waals surface area contributed by atoms with Crippen LogP contribution in [0.5, 0.6) is 0 Å². The number of rotatable bonds is 4. The third-order valence-electron chi connectivity index (χ3n) is 8.99. The number of halogens is 1. The van der Waals surface area contributed by atoms with Gasteiger partial charge in [0.15, 0.2) is 0 Å². The highest BCUT2D eigenvalue weighted by molar-refractivity contribution is 6.34. The van der Waals surface area contributed by atoms with Crippen LogP contribution in [0.25, 0.3) is 16.6 Å². The van der Waals surface area contributed by atoms with Crippen molar-refractivity contribution in [2.24, 2.45) is 5.92 Å². The molecule has 8 nitrogen and oxygen atoms in total. The Morgan fingerprint density at radius 3 is 2.65 bits per heavy atom. The fraction of sp³-hybridized carbons (Fsp3) is 0.600. The van der Waals surface area contributed by atoms with Gasteiger partial charge in [-0.1, -0.05) is 11.6 Å². The van der Waals surface area contributed by atoms with E-state index >= 15 is 0 Å². The molecule has 9 heteroatoms. The molecule has 34 heavy (non-hydrogen) atoms. The Bertz CT molecular complexity index is 1250. The first kappa shape index (κ1) is 21.2. The molecule has 0 spiro atoms. The lowest BCUT2D eigenvalue weighted by molar-refractivity contribution is -0.0977. The van der Waals surface area contributed by atoms with Gasteiger partial charge in [0.2, 0.25) is 0 Å². The van der Waals surface area contributed by atoms with Gasteiger partial charge < -0.3 is 14.7 Å². The summed E-state index contributed by atoms with van der Waals surface area (Å²) < 4.78 is 9.73. The summed E-state index contributed by atoms with van der Waals surface area (Å²) in [5.41, 5.74) is 3.01. The quantitative estimate of drug-likeness (QED) is 0.616. The van der Waals surface area contributed by atoms with E-state index in [1.807, 2.05) is 23.1 Å². The smallest absolute Gasteiger partial charge is 0.103 e. The Morgan fingerprint density at radius 1 is 1.15 bits per heavy atom. The maximum absolute atomic E-state index is 10.5. The molecule has 4 heterocycles. The molecule has 5 aliphatic rings. The number of benzene rings is 1. The van der Waals surface area contributed by atoms with Crippen LogP contribution in [0.4, 0.5) is 5.69 Å².